The molecule has 0 saturated heterocycles. The monoisotopic (exact) mass is 816 g/mol. The second-order valence-corrected chi connectivity index (χ2v) is 16.9. The van der Waals surface area contributed by atoms with Gasteiger partial charge in [-0.05, 0) is 123 Å². The average Bonchev–Trinajstić information content (AvgIpc) is 3.89. The lowest BCUT2D eigenvalue weighted by atomic mass is 9.63. The van der Waals surface area contributed by atoms with Crippen molar-refractivity contribution in [2.75, 3.05) is 0 Å². The summed E-state index contributed by atoms with van der Waals surface area (Å²) in [5, 5.41) is 4.89. The Morgan fingerprint density at radius 3 is 1.61 bits per heavy atom. The Morgan fingerprint density at radius 1 is 0.375 bits per heavy atom. The van der Waals surface area contributed by atoms with Crippen LogP contribution < -0.4 is 0 Å². The van der Waals surface area contributed by atoms with E-state index in [0.29, 0.717) is 0 Å². The van der Waals surface area contributed by atoms with Crippen LogP contribution in [0.2, 0.25) is 0 Å². The summed E-state index contributed by atoms with van der Waals surface area (Å²) >= 11 is 0. The molecule has 0 aliphatic heterocycles. The highest BCUT2D eigenvalue weighted by molar-refractivity contribution is 6.13. The molecule has 0 bridgehead atoms. The first-order valence-electron chi connectivity index (χ1n) is 22.2. The van der Waals surface area contributed by atoms with Crippen molar-refractivity contribution in [2.24, 2.45) is 0 Å². The van der Waals surface area contributed by atoms with Gasteiger partial charge in [0.05, 0.1) is 27.5 Å². The summed E-state index contributed by atoms with van der Waals surface area (Å²) in [6.45, 7) is 4.87. The molecule has 2 heteroatoms. The third-order valence-electron chi connectivity index (χ3n) is 13.4. The van der Waals surface area contributed by atoms with Crippen LogP contribution in [0.25, 0.3) is 77.2 Å². The number of para-hydroxylation sites is 2. The molecule has 64 heavy (non-hydrogen) atoms. The SMILES string of the molecule is C=C1/C=C\C=C/Cc2ccccc2C1(c1ccccc1)c1ccc2c(c1)c1cc(-c3ccc4c(c3)c3ccccc3n4-c3ccc(-c4ccccc4)cc3)ccc1n2-c1ccccc1. The van der Waals surface area contributed by atoms with E-state index in [9.17, 15) is 0 Å². The summed E-state index contributed by atoms with van der Waals surface area (Å²) in [6.07, 6.45) is 9.59. The summed E-state index contributed by atoms with van der Waals surface area (Å²) in [4.78, 5) is 0. The summed E-state index contributed by atoms with van der Waals surface area (Å²) in [6, 6.07) is 80.1. The lowest BCUT2D eigenvalue weighted by molar-refractivity contribution is 0.738. The maximum absolute atomic E-state index is 4.87. The third-order valence-corrected chi connectivity index (χ3v) is 13.4. The van der Waals surface area contributed by atoms with Gasteiger partial charge >= 0.3 is 0 Å². The van der Waals surface area contributed by atoms with E-state index in [2.05, 4.69) is 252 Å². The minimum absolute atomic E-state index is 0.630. The maximum atomic E-state index is 4.87. The maximum Gasteiger partial charge on any atom is 0.0698 e. The zero-order valence-corrected chi connectivity index (χ0v) is 35.4. The molecule has 0 spiro atoms. The Balaban J connectivity index is 1.07. The average molecular weight is 817 g/mol. The Labute approximate surface area is 373 Å². The summed E-state index contributed by atoms with van der Waals surface area (Å²) < 4.78 is 4.82. The van der Waals surface area contributed by atoms with Crippen LogP contribution in [0.4, 0.5) is 0 Å². The van der Waals surface area contributed by atoms with E-state index < -0.39 is 5.41 Å². The van der Waals surface area contributed by atoms with Gasteiger partial charge in [0.25, 0.3) is 0 Å². The standard InChI is InChI=1S/C62H44N2/c1-43-18-6-2-9-21-46-22-14-16-28-57(46)62(43,49-23-10-4-11-24-49)50-34-39-61-56(42-50)55-41-48(33-38-60(55)63(61)51-25-12-5-13-26-51)47-32-37-59-54(40-47)53-27-15-17-29-58(53)64(59)52-35-30-45(31-36-52)44-19-7-3-8-20-44/h2-20,22-42H,1,21H2/b9-2-,18-6-. The molecule has 302 valence electrons. The summed E-state index contributed by atoms with van der Waals surface area (Å²) in [7, 11) is 0. The van der Waals surface area contributed by atoms with E-state index in [1.54, 1.807) is 0 Å². The molecule has 0 N–H and O–H groups in total. The Kier molecular flexibility index (Phi) is 8.98. The van der Waals surface area contributed by atoms with Crippen LogP contribution in [0, 0.1) is 0 Å². The highest BCUT2D eigenvalue weighted by atomic mass is 15.0. The predicted molar refractivity (Wildman–Crippen MR) is 270 cm³/mol. The molecule has 1 aliphatic carbocycles. The molecular formula is C62H44N2. The second-order valence-electron chi connectivity index (χ2n) is 16.9. The van der Waals surface area contributed by atoms with Crippen molar-refractivity contribution in [3.8, 4) is 33.6 Å². The molecule has 12 rings (SSSR count). The van der Waals surface area contributed by atoms with E-state index in [1.807, 2.05) is 0 Å². The number of aromatic nitrogens is 2. The van der Waals surface area contributed by atoms with Gasteiger partial charge in [-0.1, -0.05) is 183 Å². The van der Waals surface area contributed by atoms with E-state index in [0.717, 1.165) is 23.4 Å². The molecule has 2 heterocycles. The lowest BCUT2D eigenvalue weighted by Gasteiger charge is -2.38. The van der Waals surface area contributed by atoms with Crippen LogP contribution in [-0.2, 0) is 11.8 Å². The zero-order chi connectivity index (χ0) is 42.6. The fourth-order valence-electron chi connectivity index (χ4n) is 10.5. The summed E-state index contributed by atoms with van der Waals surface area (Å²) in [5.74, 6) is 0. The fraction of sp³-hybridized carbons (Fsp3) is 0.0323. The largest absolute Gasteiger partial charge is 0.309 e. The van der Waals surface area contributed by atoms with Crippen LogP contribution in [0.1, 0.15) is 22.3 Å². The summed E-state index contributed by atoms with van der Waals surface area (Å²) in [5.41, 5.74) is 17.2. The topological polar surface area (TPSA) is 9.86 Å². The van der Waals surface area contributed by atoms with E-state index >= 15 is 0 Å². The minimum Gasteiger partial charge on any atom is -0.309 e. The van der Waals surface area contributed by atoms with Crippen molar-refractivity contribution in [2.45, 2.75) is 11.8 Å². The second kappa shape index (κ2) is 15.3. The lowest BCUT2D eigenvalue weighted by Crippen LogP contribution is -2.32. The van der Waals surface area contributed by atoms with Gasteiger partial charge in [-0.3, -0.25) is 0 Å². The van der Waals surface area contributed by atoms with Crippen molar-refractivity contribution in [3.63, 3.8) is 0 Å². The molecular weight excluding hydrogens is 773 g/mol. The van der Waals surface area contributed by atoms with Crippen molar-refractivity contribution in [3.05, 3.63) is 277 Å². The molecule has 0 fully saturated rings. The first-order chi connectivity index (χ1) is 31.7. The van der Waals surface area contributed by atoms with Gasteiger partial charge in [0.1, 0.15) is 0 Å². The van der Waals surface area contributed by atoms with Crippen LogP contribution in [-0.4, -0.2) is 9.13 Å². The van der Waals surface area contributed by atoms with Crippen LogP contribution in [0.5, 0.6) is 0 Å². The highest BCUT2D eigenvalue weighted by Crippen LogP contribution is 2.49. The number of hydrogen-bond acceptors (Lipinski definition) is 0. The Hall–Kier alpha value is -8.20. The van der Waals surface area contributed by atoms with Gasteiger partial charge < -0.3 is 9.13 Å². The first-order valence-corrected chi connectivity index (χ1v) is 22.2. The molecule has 0 radical (unpaired) electrons. The van der Waals surface area contributed by atoms with E-state index in [1.165, 1.54) is 88.1 Å². The molecule has 2 nitrogen and oxygen atoms in total. The van der Waals surface area contributed by atoms with Gasteiger partial charge in [-0.2, -0.15) is 0 Å². The highest BCUT2D eigenvalue weighted by Gasteiger charge is 2.40. The van der Waals surface area contributed by atoms with Gasteiger partial charge in [0.2, 0.25) is 0 Å². The molecule has 2 aromatic heterocycles. The first kappa shape index (κ1) is 37.6. The number of benzene rings is 9. The minimum atomic E-state index is -0.630. The fourth-order valence-corrected chi connectivity index (χ4v) is 10.5. The zero-order valence-electron chi connectivity index (χ0n) is 35.4. The van der Waals surface area contributed by atoms with Gasteiger partial charge in [-0.15, -0.1) is 0 Å². The van der Waals surface area contributed by atoms with Gasteiger partial charge in [0, 0.05) is 32.9 Å². The molecule has 0 amide bonds. The van der Waals surface area contributed by atoms with E-state index in [4.69, 9.17) is 6.58 Å². The normalized spacial score (nSPS) is 16.1. The molecule has 1 atom stereocenters. The molecule has 9 aromatic carbocycles. The Morgan fingerprint density at radius 2 is 0.891 bits per heavy atom. The molecule has 0 saturated carbocycles. The predicted octanol–water partition coefficient (Wildman–Crippen LogP) is 15.8. The number of rotatable bonds is 6. The number of nitrogens with zero attached hydrogens (tertiary/aromatic N) is 2. The number of allylic oxidation sites excluding steroid dienone is 5. The molecule has 1 aliphatic rings. The van der Waals surface area contributed by atoms with Gasteiger partial charge in [0.15, 0.2) is 0 Å². The van der Waals surface area contributed by atoms with Crippen molar-refractivity contribution < 1.29 is 0 Å². The smallest absolute Gasteiger partial charge is 0.0698 e. The molecule has 11 aromatic rings. The number of hydrogen-bond donors (Lipinski definition) is 0. The quantitative estimate of drug-likeness (QED) is 0.158. The Bertz CT molecular complexity index is 3620. The van der Waals surface area contributed by atoms with Crippen molar-refractivity contribution in [1.29, 1.82) is 0 Å². The van der Waals surface area contributed by atoms with Crippen molar-refractivity contribution in [1.82, 2.24) is 9.13 Å². The molecule has 1 unspecified atom stereocenters. The van der Waals surface area contributed by atoms with Crippen LogP contribution >= 0.6 is 0 Å². The third kappa shape index (κ3) is 5.95. The van der Waals surface area contributed by atoms with Crippen LogP contribution in [0.15, 0.2) is 255 Å². The van der Waals surface area contributed by atoms with Crippen LogP contribution in [0.3, 0.4) is 0 Å². The number of fused-ring (bicyclic) bond motifs is 7. The van der Waals surface area contributed by atoms with Gasteiger partial charge in [-0.25, -0.2) is 0 Å². The van der Waals surface area contributed by atoms with E-state index in [-0.39, 0.29) is 0 Å². The van der Waals surface area contributed by atoms with Crippen molar-refractivity contribution >= 4 is 43.6 Å².